The molecule has 0 aliphatic heterocycles. The van der Waals surface area contributed by atoms with Crippen molar-refractivity contribution in [1.82, 2.24) is 15.0 Å². The third-order valence-electron chi connectivity index (χ3n) is 4.78. The molecule has 2 heterocycles. The Labute approximate surface area is 161 Å². The van der Waals surface area contributed by atoms with Gasteiger partial charge in [-0.2, -0.15) is 0 Å². The lowest BCUT2D eigenvalue weighted by molar-refractivity contribution is -0.140. The van der Waals surface area contributed by atoms with E-state index in [1.54, 1.807) is 11.3 Å². The molecule has 0 amide bonds. The average molecular weight is 392 g/mol. The minimum Gasteiger partial charge on any atom is -0.469 e. The highest BCUT2D eigenvalue weighted by Gasteiger charge is 2.25. The number of hydrogen-bond acceptors (Lipinski definition) is 5. The highest BCUT2D eigenvalue weighted by atomic mass is 35.5. The summed E-state index contributed by atoms with van der Waals surface area (Å²) < 4.78 is 6.82. The molecule has 3 aromatic rings. The quantitative estimate of drug-likeness (QED) is 0.456. The molecule has 2 aromatic heterocycles. The Morgan fingerprint density at radius 1 is 1.38 bits per heavy atom. The normalized spacial score (nSPS) is 12.5. The van der Waals surface area contributed by atoms with Crippen molar-refractivity contribution in [2.24, 2.45) is 0 Å². The van der Waals surface area contributed by atoms with Crippen LogP contribution < -0.4 is 0 Å². The number of carbonyl (C=O) groups excluding carboxylic acids is 1. The van der Waals surface area contributed by atoms with Gasteiger partial charge in [0.1, 0.15) is 5.52 Å². The van der Waals surface area contributed by atoms with Gasteiger partial charge in [-0.05, 0) is 49.6 Å². The van der Waals surface area contributed by atoms with E-state index in [-0.39, 0.29) is 18.3 Å². The Morgan fingerprint density at radius 2 is 2.15 bits per heavy atom. The van der Waals surface area contributed by atoms with Gasteiger partial charge in [0.25, 0.3) is 0 Å². The van der Waals surface area contributed by atoms with Crippen LogP contribution in [0.5, 0.6) is 0 Å². The zero-order chi connectivity index (χ0) is 18.8. The van der Waals surface area contributed by atoms with Gasteiger partial charge in [0.05, 0.1) is 19.0 Å². The number of thiophene rings is 1. The number of fused-ring (bicyclic) bond motifs is 1. The first-order valence-electron chi connectivity index (χ1n) is 8.54. The predicted molar refractivity (Wildman–Crippen MR) is 105 cm³/mol. The Hall–Kier alpha value is -1.92. The van der Waals surface area contributed by atoms with Crippen molar-refractivity contribution in [3.05, 3.63) is 44.6 Å². The molecule has 0 radical (unpaired) electrons. The van der Waals surface area contributed by atoms with E-state index < -0.39 is 0 Å². The number of carbonyl (C=O) groups is 1. The molecule has 0 saturated carbocycles. The number of halogens is 1. The van der Waals surface area contributed by atoms with Crippen LogP contribution in [0.25, 0.3) is 11.0 Å². The van der Waals surface area contributed by atoms with Gasteiger partial charge in [-0.3, -0.25) is 4.79 Å². The third kappa shape index (κ3) is 3.35. The minimum atomic E-state index is -0.231. The highest BCUT2D eigenvalue weighted by molar-refractivity contribution is 7.12. The van der Waals surface area contributed by atoms with E-state index in [2.05, 4.69) is 29.4 Å². The smallest absolute Gasteiger partial charge is 0.306 e. The van der Waals surface area contributed by atoms with Crippen LogP contribution in [0, 0.1) is 13.8 Å². The van der Waals surface area contributed by atoms with Gasteiger partial charge in [-0.1, -0.05) is 11.3 Å². The van der Waals surface area contributed by atoms with Gasteiger partial charge in [0.2, 0.25) is 0 Å². The number of aromatic nitrogens is 3. The lowest BCUT2D eigenvalue weighted by Gasteiger charge is -2.17. The zero-order valence-corrected chi connectivity index (χ0v) is 16.9. The number of aryl methyl sites for hydroxylation is 3. The number of benzene rings is 1. The standard InChI is InChI=1S/C19H22ClN3O2S/c1-5-23-16-7-6-14(11(2)19(16)21-22-23)15(9-18(24)25-4)17-8-13(10-20)12(3)26-17/h6-8,15H,5,9-10H2,1-4H3/t15-/m0/s1. The molecule has 0 aliphatic carbocycles. The van der Waals surface area contributed by atoms with Crippen LogP contribution in [-0.4, -0.2) is 28.1 Å². The van der Waals surface area contributed by atoms with Gasteiger partial charge in [-0.15, -0.1) is 28.0 Å². The molecule has 138 valence electrons. The summed E-state index contributed by atoms with van der Waals surface area (Å²) in [5.74, 6) is 0.153. The van der Waals surface area contributed by atoms with Crippen molar-refractivity contribution in [2.75, 3.05) is 7.11 Å². The summed E-state index contributed by atoms with van der Waals surface area (Å²) in [4.78, 5) is 14.4. The van der Waals surface area contributed by atoms with Crippen LogP contribution in [0.3, 0.4) is 0 Å². The van der Waals surface area contributed by atoms with Crippen molar-refractivity contribution in [3.8, 4) is 0 Å². The summed E-state index contributed by atoms with van der Waals surface area (Å²) in [6, 6.07) is 6.22. The first-order valence-corrected chi connectivity index (χ1v) is 9.89. The van der Waals surface area contributed by atoms with E-state index in [0.717, 1.165) is 39.1 Å². The minimum absolute atomic E-state index is 0.0840. The highest BCUT2D eigenvalue weighted by Crippen LogP contribution is 2.38. The average Bonchev–Trinajstić information content (AvgIpc) is 3.23. The fourth-order valence-corrected chi connectivity index (χ4v) is 4.78. The molecule has 0 saturated heterocycles. The molecular weight excluding hydrogens is 370 g/mol. The molecular formula is C19H22ClN3O2S. The number of rotatable bonds is 6. The molecule has 7 heteroatoms. The van der Waals surface area contributed by atoms with Crippen LogP contribution in [-0.2, 0) is 22.0 Å². The molecule has 5 nitrogen and oxygen atoms in total. The SMILES string of the molecule is CCn1nnc2c(C)c([C@H](CC(=O)OC)c3cc(CCl)c(C)s3)ccc21. The molecule has 0 bridgehead atoms. The van der Waals surface area contributed by atoms with Gasteiger partial charge < -0.3 is 4.74 Å². The van der Waals surface area contributed by atoms with Crippen molar-refractivity contribution < 1.29 is 9.53 Å². The van der Waals surface area contributed by atoms with Crippen molar-refractivity contribution in [3.63, 3.8) is 0 Å². The second-order valence-electron chi connectivity index (χ2n) is 6.25. The van der Waals surface area contributed by atoms with E-state index in [9.17, 15) is 4.79 Å². The van der Waals surface area contributed by atoms with Crippen LogP contribution in [0.4, 0.5) is 0 Å². The van der Waals surface area contributed by atoms with E-state index in [1.807, 2.05) is 24.6 Å². The first-order chi connectivity index (χ1) is 12.5. The van der Waals surface area contributed by atoms with Gasteiger partial charge in [-0.25, -0.2) is 4.68 Å². The van der Waals surface area contributed by atoms with Crippen LogP contribution >= 0.6 is 22.9 Å². The van der Waals surface area contributed by atoms with Gasteiger partial charge in [0, 0.05) is 28.1 Å². The fourth-order valence-electron chi connectivity index (χ4n) is 3.26. The maximum Gasteiger partial charge on any atom is 0.306 e. The van der Waals surface area contributed by atoms with E-state index in [1.165, 1.54) is 12.0 Å². The summed E-state index contributed by atoms with van der Waals surface area (Å²) in [6.07, 6.45) is 0.284. The monoisotopic (exact) mass is 391 g/mol. The predicted octanol–water partition coefficient (Wildman–Crippen LogP) is 4.56. The number of hydrogen-bond donors (Lipinski definition) is 0. The molecule has 0 fully saturated rings. The summed E-state index contributed by atoms with van der Waals surface area (Å²) in [5.41, 5.74) is 5.12. The molecule has 26 heavy (non-hydrogen) atoms. The number of ether oxygens (including phenoxy) is 1. The number of alkyl halides is 1. The summed E-state index contributed by atoms with van der Waals surface area (Å²) in [7, 11) is 1.42. The van der Waals surface area contributed by atoms with Crippen LogP contribution in [0.15, 0.2) is 18.2 Å². The molecule has 3 rings (SSSR count). The number of methoxy groups -OCH3 is 1. The van der Waals surface area contributed by atoms with E-state index in [4.69, 9.17) is 16.3 Å². The van der Waals surface area contributed by atoms with Gasteiger partial charge in [0.15, 0.2) is 0 Å². The second kappa shape index (κ2) is 7.76. The fraction of sp³-hybridized carbons (Fsp3) is 0.421. The van der Waals surface area contributed by atoms with Crippen molar-refractivity contribution >= 4 is 39.9 Å². The van der Waals surface area contributed by atoms with Crippen LogP contribution in [0.2, 0.25) is 0 Å². The topological polar surface area (TPSA) is 57.0 Å². The van der Waals surface area contributed by atoms with Crippen molar-refractivity contribution in [2.45, 2.75) is 45.5 Å². The number of nitrogens with zero attached hydrogens (tertiary/aromatic N) is 3. The van der Waals surface area contributed by atoms with Gasteiger partial charge >= 0.3 is 5.97 Å². The van der Waals surface area contributed by atoms with E-state index >= 15 is 0 Å². The summed E-state index contributed by atoms with van der Waals surface area (Å²) in [6.45, 7) is 6.91. The molecule has 0 unspecified atom stereocenters. The molecule has 0 aliphatic rings. The number of esters is 1. The zero-order valence-electron chi connectivity index (χ0n) is 15.4. The largest absolute Gasteiger partial charge is 0.469 e. The van der Waals surface area contributed by atoms with E-state index in [0.29, 0.717) is 5.88 Å². The Bertz CT molecular complexity index is 948. The molecule has 1 atom stereocenters. The second-order valence-corrected chi connectivity index (χ2v) is 7.80. The molecule has 0 N–H and O–H groups in total. The maximum atomic E-state index is 12.1. The third-order valence-corrected chi connectivity index (χ3v) is 6.28. The maximum absolute atomic E-state index is 12.1. The first kappa shape index (κ1) is 18.9. The Balaban J connectivity index is 2.13. The van der Waals surface area contributed by atoms with Crippen molar-refractivity contribution in [1.29, 1.82) is 0 Å². The Kier molecular flexibility index (Phi) is 5.63. The summed E-state index contributed by atoms with van der Waals surface area (Å²) in [5, 5.41) is 8.56. The lowest BCUT2D eigenvalue weighted by atomic mass is 9.89. The molecule has 1 aromatic carbocycles. The van der Waals surface area contributed by atoms with Crippen LogP contribution in [0.1, 0.15) is 45.7 Å². The lowest BCUT2D eigenvalue weighted by Crippen LogP contribution is -2.10. The summed E-state index contributed by atoms with van der Waals surface area (Å²) >= 11 is 7.74. The Morgan fingerprint density at radius 3 is 2.77 bits per heavy atom. The molecule has 0 spiro atoms.